The monoisotopic (exact) mass is 315 g/mol. The van der Waals surface area contributed by atoms with Crippen molar-refractivity contribution in [3.8, 4) is 0 Å². The molecule has 0 saturated heterocycles. The van der Waals surface area contributed by atoms with Crippen molar-refractivity contribution in [2.75, 3.05) is 19.0 Å². The van der Waals surface area contributed by atoms with Crippen molar-refractivity contribution in [2.45, 2.75) is 46.1 Å². The fourth-order valence-corrected chi connectivity index (χ4v) is 2.31. The van der Waals surface area contributed by atoms with Crippen molar-refractivity contribution in [1.29, 1.82) is 0 Å². The third-order valence-electron chi connectivity index (χ3n) is 2.86. The lowest BCUT2D eigenvalue weighted by Gasteiger charge is -2.19. The van der Waals surface area contributed by atoms with Gasteiger partial charge < -0.3 is 10.1 Å². The van der Waals surface area contributed by atoms with Crippen LogP contribution >= 0.6 is 15.9 Å². The van der Waals surface area contributed by atoms with Gasteiger partial charge in [0.05, 0.1) is 24.0 Å². The molecule has 0 radical (unpaired) electrons. The third-order valence-corrected chi connectivity index (χ3v) is 3.50. The highest BCUT2D eigenvalue weighted by molar-refractivity contribution is 9.10. The van der Waals surface area contributed by atoms with E-state index in [4.69, 9.17) is 4.74 Å². The Hall–Kier alpha value is -0.680. The number of nitrogens with one attached hydrogen (secondary N) is 1. The topological polar surface area (TPSA) is 47.0 Å². The van der Waals surface area contributed by atoms with Gasteiger partial charge in [-0.1, -0.05) is 20.8 Å². The molecular formula is C13H22BrN3O. The Balaban J connectivity index is 2.98. The Kier molecular flexibility index (Phi) is 6.57. The number of ether oxygens (including phenoxy) is 1. The average Bonchev–Trinajstić information content (AvgIpc) is 2.39. The van der Waals surface area contributed by atoms with E-state index in [1.54, 1.807) is 7.11 Å². The summed E-state index contributed by atoms with van der Waals surface area (Å²) in [6, 6.07) is 0.278. The first-order valence-electron chi connectivity index (χ1n) is 6.46. The van der Waals surface area contributed by atoms with Gasteiger partial charge in [0.25, 0.3) is 0 Å². The second kappa shape index (κ2) is 7.69. The third kappa shape index (κ3) is 3.92. The molecule has 18 heavy (non-hydrogen) atoms. The molecule has 1 atom stereocenters. The number of aryl methyl sites for hydroxylation is 2. The number of hydrogen-bond acceptors (Lipinski definition) is 4. The molecule has 0 amide bonds. The van der Waals surface area contributed by atoms with Crippen LogP contribution in [0, 0.1) is 0 Å². The zero-order valence-electron chi connectivity index (χ0n) is 11.6. The number of anilines is 1. The minimum absolute atomic E-state index is 0.278. The minimum Gasteiger partial charge on any atom is -0.383 e. The zero-order chi connectivity index (χ0) is 13.5. The summed E-state index contributed by atoms with van der Waals surface area (Å²) in [4.78, 5) is 9.22. The van der Waals surface area contributed by atoms with Gasteiger partial charge in [-0.05, 0) is 35.2 Å². The van der Waals surface area contributed by atoms with Crippen LogP contribution in [0.3, 0.4) is 0 Å². The highest BCUT2D eigenvalue weighted by Crippen LogP contribution is 2.20. The van der Waals surface area contributed by atoms with Gasteiger partial charge in [0, 0.05) is 7.11 Å². The number of aromatic nitrogens is 2. The van der Waals surface area contributed by atoms with Crippen molar-refractivity contribution in [3.05, 3.63) is 16.0 Å². The maximum atomic E-state index is 5.20. The van der Waals surface area contributed by atoms with Crippen LogP contribution in [0.2, 0.25) is 0 Å². The fourth-order valence-electron chi connectivity index (χ4n) is 1.72. The normalized spacial score (nSPS) is 12.5. The summed E-state index contributed by atoms with van der Waals surface area (Å²) in [5.74, 6) is 0.890. The second-order valence-electron chi connectivity index (χ2n) is 4.17. The van der Waals surface area contributed by atoms with E-state index in [2.05, 4.69) is 52.0 Å². The molecule has 0 bridgehead atoms. The number of hydrogen-bond donors (Lipinski definition) is 1. The minimum atomic E-state index is 0.278. The van der Waals surface area contributed by atoms with Crippen LogP contribution < -0.4 is 5.32 Å². The highest BCUT2D eigenvalue weighted by atomic mass is 79.9. The first-order valence-corrected chi connectivity index (χ1v) is 7.26. The summed E-state index contributed by atoms with van der Waals surface area (Å²) in [6.45, 7) is 6.98. The van der Waals surface area contributed by atoms with Crippen LogP contribution in [0.4, 0.5) is 5.82 Å². The van der Waals surface area contributed by atoms with E-state index < -0.39 is 0 Å². The summed E-state index contributed by atoms with van der Waals surface area (Å²) in [6.07, 6.45) is 2.73. The fraction of sp³-hybridized carbons (Fsp3) is 0.692. The van der Waals surface area contributed by atoms with Gasteiger partial charge in [0.15, 0.2) is 0 Å². The van der Waals surface area contributed by atoms with Crippen LogP contribution in [0.15, 0.2) is 4.60 Å². The van der Waals surface area contributed by atoms with Crippen molar-refractivity contribution in [3.63, 3.8) is 0 Å². The van der Waals surface area contributed by atoms with Gasteiger partial charge in [-0.2, -0.15) is 0 Å². The molecule has 1 aromatic heterocycles. The number of methoxy groups -OCH3 is 1. The molecule has 0 saturated carbocycles. The number of halogens is 1. The van der Waals surface area contributed by atoms with Gasteiger partial charge in [0.1, 0.15) is 10.4 Å². The molecule has 0 aliphatic heterocycles. The van der Waals surface area contributed by atoms with E-state index >= 15 is 0 Å². The molecule has 0 aliphatic rings. The maximum absolute atomic E-state index is 5.20. The quantitative estimate of drug-likeness (QED) is 0.839. The zero-order valence-corrected chi connectivity index (χ0v) is 13.2. The van der Waals surface area contributed by atoms with Crippen molar-refractivity contribution < 1.29 is 4.74 Å². The Labute approximate surface area is 118 Å². The summed E-state index contributed by atoms with van der Waals surface area (Å²) in [5.41, 5.74) is 1.98. The van der Waals surface area contributed by atoms with Crippen molar-refractivity contribution in [2.24, 2.45) is 0 Å². The van der Waals surface area contributed by atoms with E-state index in [0.29, 0.717) is 6.61 Å². The Morgan fingerprint density at radius 1 is 1.17 bits per heavy atom. The lowest BCUT2D eigenvalue weighted by Crippen LogP contribution is -2.25. The molecule has 0 spiro atoms. The molecule has 4 nitrogen and oxygen atoms in total. The molecule has 5 heteroatoms. The molecular weight excluding hydrogens is 294 g/mol. The predicted octanol–water partition coefficient (Wildman–Crippen LogP) is 3.20. The van der Waals surface area contributed by atoms with E-state index in [-0.39, 0.29) is 6.04 Å². The largest absolute Gasteiger partial charge is 0.383 e. The molecule has 1 aromatic rings. The van der Waals surface area contributed by atoms with Crippen LogP contribution in [-0.2, 0) is 17.6 Å². The van der Waals surface area contributed by atoms with Crippen LogP contribution in [0.5, 0.6) is 0 Å². The van der Waals surface area contributed by atoms with Gasteiger partial charge in [0.2, 0.25) is 0 Å². The first-order chi connectivity index (χ1) is 8.65. The smallest absolute Gasteiger partial charge is 0.148 e. The molecule has 0 aromatic carbocycles. The SMILES string of the molecule is CCc1nc(N[C@H](CC)COC)c(CC)nc1Br. The average molecular weight is 316 g/mol. The van der Waals surface area contributed by atoms with E-state index in [1.165, 1.54) is 0 Å². The maximum Gasteiger partial charge on any atom is 0.148 e. The lowest BCUT2D eigenvalue weighted by molar-refractivity contribution is 0.184. The van der Waals surface area contributed by atoms with Gasteiger partial charge in [-0.3, -0.25) is 0 Å². The summed E-state index contributed by atoms with van der Waals surface area (Å²) >= 11 is 3.47. The number of rotatable bonds is 7. The first kappa shape index (κ1) is 15.4. The van der Waals surface area contributed by atoms with E-state index in [0.717, 1.165) is 41.1 Å². The molecule has 1 N–H and O–H groups in total. The van der Waals surface area contributed by atoms with Crippen LogP contribution in [0.25, 0.3) is 0 Å². The Morgan fingerprint density at radius 2 is 1.83 bits per heavy atom. The second-order valence-corrected chi connectivity index (χ2v) is 4.92. The van der Waals surface area contributed by atoms with Gasteiger partial charge in [-0.15, -0.1) is 0 Å². The Morgan fingerprint density at radius 3 is 2.33 bits per heavy atom. The molecule has 0 fully saturated rings. The van der Waals surface area contributed by atoms with Crippen LogP contribution in [0.1, 0.15) is 38.6 Å². The summed E-state index contributed by atoms with van der Waals surface area (Å²) < 4.78 is 6.05. The van der Waals surface area contributed by atoms with Crippen molar-refractivity contribution >= 4 is 21.7 Å². The lowest BCUT2D eigenvalue weighted by atomic mass is 10.2. The molecule has 1 rings (SSSR count). The van der Waals surface area contributed by atoms with E-state index in [1.807, 2.05) is 0 Å². The molecule has 0 unspecified atom stereocenters. The van der Waals surface area contributed by atoms with Gasteiger partial charge in [-0.25, -0.2) is 9.97 Å². The standard InChI is InChI=1S/C13H22BrN3O/c1-5-9(8-18-4)15-13-11(7-3)16-12(14)10(6-2)17-13/h9H,5-8H2,1-4H3,(H,15,17)/t9-/m1/s1. The number of nitrogens with zero attached hydrogens (tertiary/aromatic N) is 2. The van der Waals surface area contributed by atoms with Crippen LogP contribution in [-0.4, -0.2) is 29.7 Å². The van der Waals surface area contributed by atoms with Gasteiger partial charge >= 0.3 is 0 Å². The molecule has 0 aliphatic carbocycles. The van der Waals surface area contributed by atoms with Crippen molar-refractivity contribution in [1.82, 2.24) is 9.97 Å². The van der Waals surface area contributed by atoms with E-state index in [9.17, 15) is 0 Å². The Bertz CT molecular complexity index is 385. The predicted molar refractivity (Wildman–Crippen MR) is 78.1 cm³/mol. The molecule has 102 valence electrons. The summed E-state index contributed by atoms with van der Waals surface area (Å²) in [5, 5.41) is 3.43. The summed E-state index contributed by atoms with van der Waals surface area (Å²) in [7, 11) is 1.72. The highest BCUT2D eigenvalue weighted by Gasteiger charge is 2.13. The molecule has 1 heterocycles.